The van der Waals surface area contributed by atoms with Gasteiger partial charge in [-0.25, -0.2) is 14.6 Å². The Balaban J connectivity index is 2.02. The molecule has 8 nitrogen and oxygen atoms in total. The SMILES string of the molecule is CC(NC(=O)Cn1ncc(N(C)C)cc1=O)c1ccncn1. The second kappa shape index (κ2) is 6.79. The smallest absolute Gasteiger partial charge is 0.269 e. The summed E-state index contributed by atoms with van der Waals surface area (Å²) < 4.78 is 1.12. The first-order chi connectivity index (χ1) is 10.5. The lowest BCUT2D eigenvalue weighted by atomic mass is 10.2. The molecule has 2 aromatic rings. The van der Waals surface area contributed by atoms with E-state index in [2.05, 4.69) is 20.4 Å². The summed E-state index contributed by atoms with van der Waals surface area (Å²) in [6.45, 7) is 1.67. The molecule has 0 aromatic carbocycles. The van der Waals surface area contributed by atoms with Crippen molar-refractivity contribution in [2.45, 2.75) is 19.5 Å². The molecule has 0 aliphatic heterocycles. The molecule has 0 bridgehead atoms. The van der Waals surface area contributed by atoms with Crippen molar-refractivity contribution in [1.29, 1.82) is 0 Å². The fourth-order valence-electron chi connectivity index (χ4n) is 1.84. The van der Waals surface area contributed by atoms with Gasteiger partial charge in [-0.3, -0.25) is 9.59 Å². The molecule has 0 radical (unpaired) electrons. The van der Waals surface area contributed by atoms with E-state index >= 15 is 0 Å². The van der Waals surface area contributed by atoms with Crippen LogP contribution >= 0.6 is 0 Å². The van der Waals surface area contributed by atoms with Gasteiger partial charge in [0.05, 0.1) is 23.6 Å². The highest BCUT2D eigenvalue weighted by atomic mass is 16.2. The zero-order chi connectivity index (χ0) is 16.1. The summed E-state index contributed by atoms with van der Waals surface area (Å²) in [5.41, 5.74) is 1.07. The van der Waals surface area contributed by atoms with Gasteiger partial charge >= 0.3 is 0 Å². The molecule has 2 heterocycles. The van der Waals surface area contributed by atoms with Crippen molar-refractivity contribution in [2.75, 3.05) is 19.0 Å². The zero-order valence-corrected chi connectivity index (χ0v) is 12.7. The Morgan fingerprint density at radius 3 is 2.82 bits per heavy atom. The summed E-state index contributed by atoms with van der Waals surface area (Å²) in [5.74, 6) is -0.307. The second-order valence-electron chi connectivity index (χ2n) is 5.03. The standard InChI is InChI=1S/C14H18N6O2/c1-10(12-4-5-15-9-16-12)18-13(21)8-20-14(22)6-11(7-17-20)19(2)3/h4-7,9-10H,8H2,1-3H3,(H,18,21). The van der Waals surface area contributed by atoms with E-state index in [0.29, 0.717) is 11.4 Å². The monoisotopic (exact) mass is 302 g/mol. The lowest BCUT2D eigenvalue weighted by molar-refractivity contribution is -0.122. The first-order valence-corrected chi connectivity index (χ1v) is 6.77. The van der Waals surface area contributed by atoms with Gasteiger partial charge in [-0.15, -0.1) is 0 Å². The first kappa shape index (κ1) is 15.6. The van der Waals surface area contributed by atoms with Crippen molar-refractivity contribution in [1.82, 2.24) is 25.1 Å². The molecular formula is C14H18N6O2. The molecular weight excluding hydrogens is 284 g/mol. The highest BCUT2D eigenvalue weighted by molar-refractivity contribution is 5.76. The van der Waals surface area contributed by atoms with Crippen LogP contribution in [0.5, 0.6) is 0 Å². The van der Waals surface area contributed by atoms with E-state index in [0.717, 1.165) is 4.68 Å². The number of carbonyl (C=O) groups excluding carboxylic acids is 1. The van der Waals surface area contributed by atoms with Crippen LogP contribution in [0, 0.1) is 0 Å². The van der Waals surface area contributed by atoms with Gasteiger partial charge in [0.2, 0.25) is 5.91 Å². The molecule has 22 heavy (non-hydrogen) atoms. The molecule has 0 saturated heterocycles. The van der Waals surface area contributed by atoms with Crippen LogP contribution in [0.3, 0.4) is 0 Å². The number of amides is 1. The Labute approximate surface area is 127 Å². The molecule has 0 saturated carbocycles. The molecule has 2 rings (SSSR count). The number of carbonyl (C=O) groups is 1. The largest absolute Gasteiger partial charge is 0.376 e. The Bertz CT molecular complexity index is 698. The number of aromatic nitrogens is 4. The van der Waals surface area contributed by atoms with E-state index in [9.17, 15) is 9.59 Å². The van der Waals surface area contributed by atoms with Crippen molar-refractivity contribution in [3.05, 3.63) is 46.9 Å². The third-order valence-corrected chi connectivity index (χ3v) is 3.09. The summed E-state index contributed by atoms with van der Waals surface area (Å²) in [5, 5.41) is 6.77. The number of nitrogens with zero attached hydrogens (tertiary/aromatic N) is 5. The quantitative estimate of drug-likeness (QED) is 0.834. The molecule has 1 N–H and O–H groups in total. The number of rotatable bonds is 5. The van der Waals surface area contributed by atoms with Crippen LogP contribution in [-0.4, -0.2) is 39.8 Å². The van der Waals surface area contributed by atoms with Gasteiger partial charge in [0.25, 0.3) is 5.56 Å². The summed E-state index contributed by atoms with van der Waals surface area (Å²) in [6, 6.07) is 2.89. The maximum atomic E-state index is 12.0. The van der Waals surface area contributed by atoms with Crippen molar-refractivity contribution in [3.8, 4) is 0 Å². The van der Waals surface area contributed by atoms with Crippen molar-refractivity contribution >= 4 is 11.6 Å². The van der Waals surface area contributed by atoms with E-state index in [-0.39, 0.29) is 24.1 Å². The molecule has 0 spiro atoms. The van der Waals surface area contributed by atoms with E-state index in [1.54, 1.807) is 23.4 Å². The summed E-state index contributed by atoms with van der Waals surface area (Å²) in [7, 11) is 3.63. The molecule has 1 amide bonds. The third-order valence-electron chi connectivity index (χ3n) is 3.09. The molecule has 0 aliphatic carbocycles. The predicted molar refractivity (Wildman–Crippen MR) is 81.4 cm³/mol. The van der Waals surface area contributed by atoms with Crippen molar-refractivity contribution < 1.29 is 4.79 Å². The predicted octanol–water partition coefficient (Wildman–Crippen LogP) is -0.0233. The Hall–Kier alpha value is -2.77. The normalized spacial score (nSPS) is 11.8. The molecule has 0 aliphatic rings. The summed E-state index contributed by atoms with van der Waals surface area (Å²) in [6.07, 6.45) is 4.57. The fraction of sp³-hybridized carbons (Fsp3) is 0.357. The average molecular weight is 302 g/mol. The first-order valence-electron chi connectivity index (χ1n) is 6.77. The van der Waals surface area contributed by atoms with Gasteiger partial charge in [-0.2, -0.15) is 5.10 Å². The number of nitrogens with one attached hydrogen (secondary N) is 1. The molecule has 116 valence electrons. The molecule has 0 fully saturated rings. The van der Waals surface area contributed by atoms with Gasteiger partial charge in [0, 0.05) is 26.4 Å². The second-order valence-corrected chi connectivity index (χ2v) is 5.03. The fourth-order valence-corrected chi connectivity index (χ4v) is 1.84. The minimum absolute atomic E-state index is 0.137. The summed E-state index contributed by atoms with van der Waals surface area (Å²) in [4.78, 5) is 33.6. The maximum absolute atomic E-state index is 12.0. The number of hydrogen-bond donors (Lipinski definition) is 1. The van der Waals surface area contributed by atoms with Crippen molar-refractivity contribution in [3.63, 3.8) is 0 Å². The lowest BCUT2D eigenvalue weighted by Gasteiger charge is -2.14. The third kappa shape index (κ3) is 3.87. The molecule has 1 atom stereocenters. The summed E-state index contributed by atoms with van der Waals surface area (Å²) >= 11 is 0. The Kier molecular flexibility index (Phi) is 4.82. The van der Waals surface area contributed by atoms with Crippen LogP contribution < -0.4 is 15.8 Å². The van der Waals surface area contributed by atoms with Gasteiger partial charge in [-0.1, -0.05) is 0 Å². The molecule has 1 unspecified atom stereocenters. The number of anilines is 1. The molecule has 2 aromatic heterocycles. The van der Waals surface area contributed by atoms with E-state index in [1.807, 2.05) is 21.0 Å². The van der Waals surface area contributed by atoms with Crippen LogP contribution in [-0.2, 0) is 11.3 Å². The van der Waals surface area contributed by atoms with Crippen LogP contribution in [0.4, 0.5) is 5.69 Å². The average Bonchev–Trinajstić information content (AvgIpc) is 2.50. The molecule has 8 heteroatoms. The maximum Gasteiger partial charge on any atom is 0.269 e. The van der Waals surface area contributed by atoms with Gasteiger partial charge in [0.15, 0.2) is 0 Å². The number of hydrogen-bond acceptors (Lipinski definition) is 6. The van der Waals surface area contributed by atoms with Crippen LogP contribution in [0.15, 0.2) is 35.6 Å². The van der Waals surface area contributed by atoms with Crippen LogP contribution in [0.25, 0.3) is 0 Å². The van der Waals surface area contributed by atoms with Crippen LogP contribution in [0.2, 0.25) is 0 Å². The lowest BCUT2D eigenvalue weighted by Crippen LogP contribution is -2.35. The van der Waals surface area contributed by atoms with E-state index < -0.39 is 0 Å². The minimum Gasteiger partial charge on any atom is -0.376 e. The zero-order valence-electron chi connectivity index (χ0n) is 12.7. The topological polar surface area (TPSA) is 93.0 Å². The van der Waals surface area contributed by atoms with Gasteiger partial charge < -0.3 is 10.2 Å². The Morgan fingerprint density at radius 1 is 1.45 bits per heavy atom. The van der Waals surface area contributed by atoms with E-state index in [1.165, 1.54) is 12.4 Å². The van der Waals surface area contributed by atoms with Gasteiger partial charge in [-0.05, 0) is 13.0 Å². The van der Waals surface area contributed by atoms with E-state index in [4.69, 9.17) is 0 Å². The van der Waals surface area contributed by atoms with Gasteiger partial charge in [0.1, 0.15) is 12.9 Å². The highest BCUT2D eigenvalue weighted by Crippen LogP contribution is 2.07. The Morgan fingerprint density at radius 2 is 2.23 bits per heavy atom. The van der Waals surface area contributed by atoms with Crippen molar-refractivity contribution in [2.24, 2.45) is 0 Å². The highest BCUT2D eigenvalue weighted by Gasteiger charge is 2.12. The minimum atomic E-state index is -0.323. The van der Waals surface area contributed by atoms with Crippen LogP contribution in [0.1, 0.15) is 18.7 Å².